The van der Waals surface area contributed by atoms with Crippen molar-refractivity contribution in [3.63, 3.8) is 0 Å². The van der Waals surface area contributed by atoms with E-state index in [1.807, 2.05) is 24.3 Å². The average Bonchev–Trinajstić information content (AvgIpc) is 2.48. The first kappa shape index (κ1) is 15.6. The number of benzene rings is 2. The van der Waals surface area contributed by atoms with E-state index in [0.29, 0.717) is 5.56 Å². The Morgan fingerprint density at radius 1 is 1.05 bits per heavy atom. The van der Waals surface area contributed by atoms with Crippen LogP contribution in [0.25, 0.3) is 11.1 Å². The molecule has 3 heteroatoms. The van der Waals surface area contributed by atoms with E-state index in [1.165, 1.54) is 12.1 Å². The van der Waals surface area contributed by atoms with Crippen LogP contribution < -0.4 is 5.32 Å². The van der Waals surface area contributed by atoms with Crippen molar-refractivity contribution < 1.29 is 8.78 Å². The normalized spacial score (nSPS) is 12.4. The van der Waals surface area contributed by atoms with Gasteiger partial charge in [-0.15, -0.1) is 0 Å². The minimum Gasteiger partial charge on any atom is -0.310 e. The summed E-state index contributed by atoms with van der Waals surface area (Å²) in [6.07, 6.45) is 2.04. The molecule has 2 aromatic carbocycles. The van der Waals surface area contributed by atoms with Gasteiger partial charge in [-0.05, 0) is 48.7 Å². The molecule has 0 saturated carbocycles. The predicted octanol–water partition coefficient (Wildman–Crippen LogP) is 5.08. The fourth-order valence-electron chi connectivity index (χ4n) is 2.46. The summed E-state index contributed by atoms with van der Waals surface area (Å²) in [5, 5.41) is 3.48. The first-order chi connectivity index (χ1) is 10.2. The van der Waals surface area contributed by atoms with Gasteiger partial charge in [0, 0.05) is 17.7 Å². The molecule has 1 nitrogen and oxygen atoms in total. The molecule has 1 N–H and O–H groups in total. The molecule has 0 fully saturated rings. The maximum absolute atomic E-state index is 13.9. The molecular weight excluding hydrogens is 268 g/mol. The van der Waals surface area contributed by atoms with Gasteiger partial charge in [-0.3, -0.25) is 0 Å². The molecule has 0 aromatic heterocycles. The summed E-state index contributed by atoms with van der Waals surface area (Å²) in [5.74, 6) is -1.08. The van der Waals surface area contributed by atoms with Gasteiger partial charge in [0.15, 0.2) is 0 Å². The third-order valence-electron chi connectivity index (χ3n) is 3.58. The van der Waals surface area contributed by atoms with Crippen molar-refractivity contribution in [2.45, 2.75) is 32.7 Å². The Hall–Kier alpha value is -1.74. The van der Waals surface area contributed by atoms with Crippen LogP contribution in [0.5, 0.6) is 0 Å². The van der Waals surface area contributed by atoms with Gasteiger partial charge in [-0.1, -0.05) is 32.0 Å². The van der Waals surface area contributed by atoms with Gasteiger partial charge in [0.2, 0.25) is 0 Å². The maximum Gasteiger partial charge on any atom is 0.133 e. The Kier molecular flexibility index (Phi) is 5.45. The number of hydrogen-bond donors (Lipinski definition) is 1. The molecule has 112 valence electrons. The number of hydrogen-bond acceptors (Lipinski definition) is 1. The van der Waals surface area contributed by atoms with Crippen LogP contribution in [0.1, 0.15) is 38.3 Å². The monoisotopic (exact) mass is 289 g/mol. The lowest BCUT2D eigenvalue weighted by Gasteiger charge is -2.18. The Morgan fingerprint density at radius 3 is 2.52 bits per heavy atom. The van der Waals surface area contributed by atoms with E-state index in [2.05, 4.69) is 19.2 Å². The first-order valence-corrected chi connectivity index (χ1v) is 7.44. The molecule has 1 unspecified atom stereocenters. The number of nitrogens with one attached hydrogen (secondary N) is 1. The SMILES string of the molecule is CCCNC(CC)c1cccc(-c2ccc(F)cc2F)c1. The van der Waals surface area contributed by atoms with E-state index >= 15 is 0 Å². The minimum atomic E-state index is -0.552. The van der Waals surface area contributed by atoms with E-state index in [0.717, 1.165) is 36.6 Å². The Bertz CT molecular complexity index is 596. The van der Waals surface area contributed by atoms with Crippen LogP contribution in [0.15, 0.2) is 42.5 Å². The molecule has 0 radical (unpaired) electrons. The van der Waals surface area contributed by atoms with Gasteiger partial charge in [-0.25, -0.2) is 8.78 Å². The van der Waals surface area contributed by atoms with Gasteiger partial charge in [-0.2, -0.15) is 0 Å². The van der Waals surface area contributed by atoms with E-state index in [9.17, 15) is 8.78 Å². The summed E-state index contributed by atoms with van der Waals surface area (Å²) < 4.78 is 26.9. The zero-order valence-corrected chi connectivity index (χ0v) is 12.5. The second-order valence-corrected chi connectivity index (χ2v) is 5.16. The average molecular weight is 289 g/mol. The standard InChI is InChI=1S/C18H21F2N/c1-3-10-21-18(4-2)14-7-5-6-13(11-14)16-9-8-15(19)12-17(16)20/h5-9,11-12,18,21H,3-4,10H2,1-2H3. The van der Waals surface area contributed by atoms with E-state index < -0.39 is 11.6 Å². The van der Waals surface area contributed by atoms with Crippen LogP contribution in [0.4, 0.5) is 8.78 Å². The molecule has 0 saturated heterocycles. The number of halogens is 2. The van der Waals surface area contributed by atoms with E-state index in [-0.39, 0.29) is 6.04 Å². The van der Waals surface area contributed by atoms with Crippen molar-refractivity contribution in [2.24, 2.45) is 0 Å². The molecule has 0 aliphatic carbocycles. The molecule has 21 heavy (non-hydrogen) atoms. The topological polar surface area (TPSA) is 12.0 Å². The molecule has 0 aliphatic rings. The lowest BCUT2D eigenvalue weighted by Crippen LogP contribution is -2.21. The van der Waals surface area contributed by atoms with Crippen molar-refractivity contribution in [1.82, 2.24) is 5.32 Å². The maximum atomic E-state index is 13.9. The zero-order chi connectivity index (χ0) is 15.2. The number of rotatable bonds is 6. The lowest BCUT2D eigenvalue weighted by molar-refractivity contribution is 0.518. The minimum absolute atomic E-state index is 0.258. The highest BCUT2D eigenvalue weighted by Gasteiger charge is 2.11. The second-order valence-electron chi connectivity index (χ2n) is 5.16. The summed E-state index contributed by atoms with van der Waals surface area (Å²) >= 11 is 0. The summed E-state index contributed by atoms with van der Waals surface area (Å²) in [6.45, 7) is 5.20. The van der Waals surface area contributed by atoms with E-state index in [1.54, 1.807) is 0 Å². The van der Waals surface area contributed by atoms with Crippen LogP contribution >= 0.6 is 0 Å². The second kappa shape index (κ2) is 7.32. The highest BCUT2D eigenvalue weighted by Crippen LogP contribution is 2.27. The Morgan fingerprint density at radius 2 is 1.86 bits per heavy atom. The van der Waals surface area contributed by atoms with Crippen molar-refractivity contribution in [1.29, 1.82) is 0 Å². The quantitative estimate of drug-likeness (QED) is 0.781. The molecule has 0 bridgehead atoms. The zero-order valence-electron chi connectivity index (χ0n) is 12.5. The summed E-state index contributed by atoms with van der Waals surface area (Å²) in [4.78, 5) is 0. The summed E-state index contributed by atoms with van der Waals surface area (Å²) in [6, 6.07) is 11.8. The van der Waals surface area contributed by atoms with Gasteiger partial charge >= 0.3 is 0 Å². The summed E-state index contributed by atoms with van der Waals surface area (Å²) in [7, 11) is 0. The molecule has 0 heterocycles. The van der Waals surface area contributed by atoms with Crippen LogP contribution in [-0.2, 0) is 0 Å². The van der Waals surface area contributed by atoms with Gasteiger partial charge < -0.3 is 5.32 Å². The van der Waals surface area contributed by atoms with Gasteiger partial charge in [0.1, 0.15) is 11.6 Å². The highest BCUT2D eigenvalue weighted by atomic mass is 19.1. The molecule has 2 rings (SSSR count). The predicted molar refractivity (Wildman–Crippen MR) is 83.1 cm³/mol. The van der Waals surface area contributed by atoms with Crippen molar-refractivity contribution >= 4 is 0 Å². The fourth-order valence-corrected chi connectivity index (χ4v) is 2.46. The molecule has 1 atom stereocenters. The molecular formula is C18H21F2N. The molecule has 0 amide bonds. The van der Waals surface area contributed by atoms with Gasteiger partial charge in [0.05, 0.1) is 0 Å². The lowest BCUT2D eigenvalue weighted by atomic mass is 9.98. The molecule has 0 spiro atoms. The molecule has 2 aromatic rings. The van der Waals surface area contributed by atoms with Crippen LogP contribution in [0, 0.1) is 11.6 Å². The van der Waals surface area contributed by atoms with Crippen molar-refractivity contribution in [2.75, 3.05) is 6.54 Å². The summed E-state index contributed by atoms with van der Waals surface area (Å²) in [5.41, 5.74) is 2.34. The smallest absolute Gasteiger partial charge is 0.133 e. The third kappa shape index (κ3) is 3.88. The van der Waals surface area contributed by atoms with Crippen molar-refractivity contribution in [3.8, 4) is 11.1 Å². The Labute approximate surface area is 125 Å². The van der Waals surface area contributed by atoms with E-state index in [4.69, 9.17) is 0 Å². The fraction of sp³-hybridized carbons (Fsp3) is 0.333. The molecule has 0 aliphatic heterocycles. The van der Waals surface area contributed by atoms with Crippen LogP contribution in [-0.4, -0.2) is 6.54 Å². The highest BCUT2D eigenvalue weighted by molar-refractivity contribution is 5.65. The first-order valence-electron chi connectivity index (χ1n) is 7.44. The van der Waals surface area contributed by atoms with Gasteiger partial charge in [0.25, 0.3) is 0 Å². The van der Waals surface area contributed by atoms with Crippen molar-refractivity contribution in [3.05, 3.63) is 59.7 Å². The van der Waals surface area contributed by atoms with Crippen LogP contribution in [0.3, 0.4) is 0 Å². The van der Waals surface area contributed by atoms with Crippen LogP contribution in [0.2, 0.25) is 0 Å². The third-order valence-corrected chi connectivity index (χ3v) is 3.58. The largest absolute Gasteiger partial charge is 0.310 e. The Balaban J connectivity index is 2.32.